The Morgan fingerprint density at radius 1 is 1.46 bits per heavy atom. The van der Waals surface area contributed by atoms with E-state index in [2.05, 4.69) is 6.92 Å². The summed E-state index contributed by atoms with van der Waals surface area (Å²) in [7, 11) is 0. The van der Waals surface area contributed by atoms with Gasteiger partial charge in [0.2, 0.25) is 0 Å². The lowest BCUT2D eigenvalue weighted by atomic mass is 10.1. The minimum atomic E-state index is -0.502. The molecule has 0 radical (unpaired) electrons. The van der Waals surface area contributed by atoms with Gasteiger partial charge in [-0.15, -0.1) is 0 Å². The average Bonchev–Trinajstić information content (AvgIpc) is 2.47. The Balaban J connectivity index is 2.19. The second-order valence-corrected chi connectivity index (χ2v) is 4.28. The minimum absolute atomic E-state index is 0.0324. The number of aliphatic hydroxyl groups is 1. The van der Waals surface area contributed by atoms with E-state index in [0.717, 1.165) is 5.57 Å². The molecule has 1 heterocycles. The van der Waals surface area contributed by atoms with Gasteiger partial charge in [0.25, 0.3) is 0 Å². The van der Waals surface area contributed by atoms with E-state index in [1.54, 1.807) is 0 Å². The number of ether oxygens (including phenoxy) is 2. The summed E-state index contributed by atoms with van der Waals surface area (Å²) in [5, 5.41) is 9.10. The lowest BCUT2D eigenvalue weighted by Gasteiger charge is -2.19. The van der Waals surface area contributed by atoms with Gasteiger partial charge in [-0.1, -0.05) is 13.0 Å². The lowest BCUT2D eigenvalue weighted by molar-refractivity contribution is -0.148. The second kappa shape index (κ2) is 2.80. The van der Waals surface area contributed by atoms with Crippen molar-refractivity contribution < 1.29 is 14.6 Å². The Morgan fingerprint density at radius 3 is 2.77 bits per heavy atom. The summed E-state index contributed by atoms with van der Waals surface area (Å²) < 4.78 is 11.4. The Morgan fingerprint density at radius 2 is 2.15 bits per heavy atom. The van der Waals surface area contributed by atoms with Gasteiger partial charge in [-0.2, -0.15) is 0 Å². The Labute approximate surface area is 78.3 Å². The highest BCUT2D eigenvalue weighted by Crippen LogP contribution is 2.40. The van der Waals surface area contributed by atoms with E-state index in [9.17, 15) is 0 Å². The number of hydrogen-bond donors (Lipinski definition) is 1. The summed E-state index contributed by atoms with van der Waals surface area (Å²) in [6.07, 6.45) is 2.11. The number of rotatable bonds is 1. The van der Waals surface area contributed by atoms with E-state index in [-0.39, 0.29) is 18.8 Å². The predicted octanol–water partition coefficient (Wildman–Crippen LogP) is 1.07. The fourth-order valence-electron chi connectivity index (χ4n) is 2.13. The average molecular weight is 184 g/mol. The fraction of sp³-hybridized carbons (Fsp3) is 0.800. The molecule has 0 aromatic carbocycles. The molecule has 2 rings (SSSR count). The first kappa shape index (κ1) is 9.19. The van der Waals surface area contributed by atoms with Gasteiger partial charge in [-0.05, 0) is 19.4 Å². The predicted molar refractivity (Wildman–Crippen MR) is 48.2 cm³/mol. The van der Waals surface area contributed by atoms with Crippen LogP contribution in [0, 0.1) is 5.92 Å². The molecule has 0 amide bonds. The van der Waals surface area contributed by atoms with Gasteiger partial charge in [-0.3, -0.25) is 0 Å². The van der Waals surface area contributed by atoms with Gasteiger partial charge in [0.05, 0.1) is 12.7 Å². The molecule has 13 heavy (non-hydrogen) atoms. The van der Waals surface area contributed by atoms with Crippen LogP contribution in [0.15, 0.2) is 11.6 Å². The first-order valence-electron chi connectivity index (χ1n) is 4.70. The van der Waals surface area contributed by atoms with Gasteiger partial charge in [0.15, 0.2) is 5.79 Å². The minimum Gasteiger partial charge on any atom is -0.392 e. The zero-order chi connectivity index (χ0) is 9.64. The quantitative estimate of drug-likeness (QED) is 0.620. The fourth-order valence-corrected chi connectivity index (χ4v) is 2.13. The highest BCUT2D eigenvalue weighted by atomic mass is 16.8. The SMILES string of the molecule is C[C@@H]1C=C(CO)[C@H]2OC(C)(C)OC12. The summed E-state index contributed by atoms with van der Waals surface area (Å²) in [4.78, 5) is 0. The van der Waals surface area contributed by atoms with Crippen molar-refractivity contribution in [3.8, 4) is 0 Å². The molecule has 0 aromatic heterocycles. The summed E-state index contributed by atoms with van der Waals surface area (Å²) in [6.45, 7) is 5.98. The normalized spacial score (nSPS) is 41.8. The molecular formula is C10H16O3. The van der Waals surface area contributed by atoms with Gasteiger partial charge < -0.3 is 14.6 Å². The smallest absolute Gasteiger partial charge is 0.164 e. The van der Waals surface area contributed by atoms with Gasteiger partial charge in [-0.25, -0.2) is 0 Å². The van der Waals surface area contributed by atoms with Crippen molar-refractivity contribution in [3.63, 3.8) is 0 Å². The second-order valence-electron chi connectivity index (χ2n) is 4.28. The molecule has 1 fully saturated rings. The first-order valence-corrected chi connectivity index (χ1v) is 4.70. The number of fused-ring (bicyclic) bond motifs is 1. The molecule has 1 N–H and O–H groups in total. The molecule has 74 valence electrons. The summed E-state index contributed by atoms with van der Waals surface area (Å²) in [5.41, 5.74) is 0.961. The van der Waals surface area contributed by atoms with Crippen molar-refractivity contribution >= 4 is 0 Å². The third-order valence-electron chi connectivity index (χ3n) is 2.67. The molecule has 0 bridgehead atoms. The molecule has 0 spiro atoms. The monoisotopic (exact) mass is 184 g/mol. The molecule has 3 nitrogen and oxygen atoms in total. The van der Waals surface area contributed by atoms with Crippen molar-refractivity contribution in [2.24, 2.45) is 5.92 Å². The van der Waals surface area contributed by atoms with Crippen LogP contribution in [-0.2, 0) is 9.47 Å². The van der Waals surface area contributed by atoms with Crippen molar-refractivity contribution in [1.29, 1.82) is 0 Å². The Bertz CT molecular complexity index is 245. The topological polar surface area (TPSA) is 38.7 Å². The van der Waals surface area contributed by atoms with E-state index >= 15 is 0 Å². The molecule has 1 unspecified atom stereocenters. The number of hydrogen-bond acceptors (Lipinski definition) is 3. The Hall–Kier alpha value is -0.380. The zero-order valence-corrected chi connectivity index (χ0v) is 8.28. The van der Waals surface area contributed by atoms with Crippen molar-refractivity contribution in [1.82, 2.24) is 0 Å². The van der Waals surface area contributed by atoms with Crippen molar-refractivity contribution in [3.05, 3.63) is 11.6 Å². The van der Waals surface area contributed by atoms with Gasteiger partial charge in [0, 0.05) is 5.92 Å². The molecule has 0 aromatic rings. The standard InChI is InChI=1S/C10H16O3/c1-6-4-7(5-11)9-8(6)12-10(2,3)13-9/h4,6,8-9,11H,5H2,1-3H3/t6-,8?,9-/m1/s1. The third kappa shape index (κ3) is 1.41. The van der Waals surface area contributed by atoms with Crippen LogP contribution in [0.1, 0.15) is 20.8 Å². The first-order chi connectivity index (χ1) is 6.03. The molecule has 2 aliphatic rings. The molecule has 3 atom stereocenters. The summed E-state index contributed by atoms with van der Waals surface area (Å²) >= 11 is 0. The van der Waals surface area contributed by atoms with Crippen LogP contribution in [0.5, 0.6) is 0 Å². The zero-order valence-electron chi connectivity index (χ0n) is 8.28. The maximum atomic E-state index is 9.10. The lowest BCUT2D eigenvalue weighted by Crippen LogP contribution is -2.24. The van der Waals surface area contributed by atoms with E-state index in [4.69, 9.17) is 14.6 Å². The van der Waals surface area contributed by atoms with Crippen LogP contribution in [-0.4, -0.2) is 29.7 Å². The maximum absolute atomic E-state index is 9.10. The van der Waals surface area contributed by atoms with Gasteiger partial charge >= 0.3 is 0 Å². The molecular weight excluding hydrogens is 168 g/mol. The largest absolute Gasteiger partial charge is 0.392 e. The van der Waals surface area contributed by atoms with Crippen LogP contribution in [0.3, 0.4) is 0 Å². The van der Waals surface area contributed by atoms with Crippen LogP contribution in [0.2, 0.25) is 0 Å². The van der Waals surface area contributed by atoms with E-state index < -0.39 is 5.79 Å². The molecule has 1 saturated heterocycles. The van der Waals surface area contributed by atoms with E-state index in [0.29, 0.717) is 5.92 Å². The molecule has 0 saturated carbocycles. The Kier molecular flexibility index (Phi) is 1.98. The summed E-state index contributed by atoms with van der Waals surface area (Å²) in [6, 6.07) is 0. The van der Waals surface area contributed by atoms with Crippen LogP contribution in [0.4, 0.5) is 0 Å². The van der Waals surface area contributed by atoms with E-state index in [1.165, 1.54) is 0 Å². The summed E-state index contributed by atoms with van der Waals surface area (Å²) in [5.74, 6) is -0.160. The molecule has 1 aliphatic carbocycles. The van der Waals surface area contributed by atoms with E-state index in [1.807, 2.05) is 19.9 Å². The highest BCUT2D eigenvalue weighted by Gasteiger charge is 2.48. The molecule has 3 heteroatoms. The van der Waals surface area contributed by atoms with Crippen LogP contribution < -0.4 is 0 Å². The van der Waals surface area contributed by atoms with Crippen molar-refractivity contribution in [2.45, 2.75) is 38.8 Å². The highest BCUT2D eigenvalue weighted by molar-refractivity contribution is 5.23. The number of aliphatic hydroxyl groups excluding tert-OH is 1. The maximum Gasteiger partial charge on any atom is 0.164 e. The third-order valence-corrected chi connectivity index (χ3v) is 2.67. The van der Waals surface area contributed by atoms with Crippen LogP contribution in [0.25, 0.3) is 0 Å². The van der Waals surface area contributed by atoms with Gasteiger partial charge in [0.1, 0.15) is 6.10 Å². The van der Waals surface area contributed by atoms with Crippen molar-refractivity contribution in [2.75, 3.05) is 6.61 Å². The van der Waals surface area contributed by atoms with Crippen LogP contribution >= 0.6 is 0 Å². The molecule has 1 aliphatic heterocycles.